The summed E-state index contributed by atoms with van der Waals surface area (Å²) in [6.07, 6.45) is 0. The van der Waals surface area contributed by atoms with Gasteiger partial charge in [0.25, 0.3) is 0 Å². The monoisotopic (exact) mass is 173 g/mol. The number of rotatable bonds is 2. The van der Waals surface area contributed by atoms with Crippen LogP contribution in [-0.2, 0) is 0 Å². The molecule has 1 heteroatoms. The van der Waals surface area contributed by atoms with E-state index in [0.29, 0.717) is 6.04 Å². The summed E-state index contributed by atoms with van der Waals surface area (Å²) in [5.41, 5.74) is 5.26. The van der Waals surface area contributed by atoms with E-state index in [0.717, 1.165) is 12.1 Å². The summed E-state index contributed by atoms with van der Waals surface area (Å²) >= 11 is 0. The van der Waals surface area contributed by atoms with Gasteiger partial charge < -0.3 is 5.32 Å². The maximum absolute atomic E-state index is 3.99. The standard InChI is InChI=1S/C12H15N/c1-8(2)10-5-4-6-11(9(10)3)12-7-13-12/h4-6,12-13H,1,7H2,2-3H3. The van der Waals surface area contributed by atoms with Gasteiger partial charge in [-0.15, -0.1) is 0 Å². The molecule has 13 heavy (non-hydrogen) atoms. The Morgan fingerprint density at radius 1 is 1.54 bits per heavy atom. The molecule has 0 bridgehead atoms. The average molecular weight is 173 g/mol. The summed E-state index contributed by atoms with van der Waals surface area (Å²) < 4.78 is 0. The fourth-order valence-corrected chi connectivity index (χ4v) is 1.77. The highest BCUT2D eigenvalue weighted by Gasteiger charge is 2.24. The molecule has 0 saturated carbocycles. The molecule has 1 nitrogen and oxygen atoms in total. The topological polar surface area (TPSA) is 21.9 Å². The molecule has 1 aliphatic rings. The first-order chi connectivity index (χ1) is 6.20. The lowest BCUT2D eigenvalue weighted by atomic mass is 9.96. The molecule has 1 unspecified atom stereocenters. The molecule has 68 valence electrons. The third kappa shape index (κ3) is 1.52. The fraction of sp³-hybridized carbons (Fsp3) is 0.333. The summed E-state index contributed by atoms with van der Waals surface area (Å²) in [6, 6.07) is 7.06. The Kier molecular flexibility index (Phi) is 1.97. The van der Waals surface area contributed by atoms with E-state index >= 15 is 0 Å². The molecule has 0 radical (unpaired) electrons. The molecule has 1 atom stereocenters. The average Bonchev–Trinajstić information content (AvgIpc) is 2.87. The summed E-state index contributed by atoms with van der Waals surface area (Å²) in [6.45, 7) is 9.35. The molecular formula is C12H15N. The fourth-order valence-electron chi connectivity index (χ4n) is 1.77. The lowest BCUT2D eigenvalue weighted by molar-refractivity contribution is 1.05. The molecule has 1 aliphatic heterocycles. The number of nitrogens with one attached hydrogen (secondary N) is 1. The van der Waals surface area contributed by atoms with Gasteiger partial charge in [0.1, 0.15) is 0 Å². The van der Waals surface area contributed by atoms with Crippen LogP contribution in [0.1, 0.15) is 29.7 Å². The first-order valence-corrected chi connectivity index (χ1v) is 4.69. The van der Waals surface area contributed by atoms with E-state index in [1.807, 2.05) is 0 Å². The van der Waals surface area contributed by atoms with E-state index in [1.54, 1.807) is 0 Å². The smallest absolute Gasteiger partial charge is 0.0450 e. The minimum absolute atomic E-state index is 0.597. The first-order valence-electron chi connectivity index (χ1n) is 4.69. The van der Waals surface area contributed by atoms with Gasteiger partial charge in [-0.05, 0) is 30.5 Å². The third-order valence-electron chi connectivity index (χ3n) is 2.62. The molecule has 1 aromatic carbocycles. The maximum Gasteiger partial charge on any atom is 0.0450 e. The van der Waals surface area contributed by atoms with Gasteiger partial charge in [0.2, 0.25) is 0 Å². The van der Waals surface area contributed by atoms with Crippen molar-refractivity contribution >= 4 is 5.57 Å². The predicted molar refractivity (Wildman–Crippen MR) is 56.6 cm³/mol. The molecule has 2 rings (SSSR count). The van der Waals surface area contributed by atoms with Crippen LogP contribution < -0.4 is 5.32 Å². The highest BCUT2D eigenvalue weighted by Crippen LogP contribution is 2.28. The van der Waals surface area contributed by atoms with Crippen LogP contribution in [-0.4, -0.2) is 6.54 Å². The minimum atomic E-state index is 0.597. The van der Waals surface area contributed by atoms with Crippen LogP contribution in [0, 0.1) is 6.92 Å². The van der Waals surface area contributed by atoms with Gasteiger partial charge in [-0.25, -0.2) is 0 Å². The number of benzene rings is 1. The van der Waals surface area contributed by atoms with Gasteiger partial charge in [-0.1, -0.05) is 30.4 Å². The van der Waals surface area contributed by atoms with Crippen LogP contribution in [0.4, 0.5) is 0 Å². The Bertz CT molecular complexity index is 348. The van der Waals surface area contributed by atoms with Crippen LogP contribution in [0.25, 0.3) is 5.57 Å². The van der Waals surface area contributed by atoms with Gasteiger partial charge in [0.05, 0.1) is 0 Å². The molecule has 0 spiro atoms. The van der Waals surface area contributed by atoms with E-state index in [-0.39, 0.29) is 0 Å². The molecule has 1 N–H and O–H groups in total. The van der Waals surface area contributed by atoms with Crippen molar-refractivity contribution in [3.8, 4) is 0 Å². The molecule has 1 heterocycles. The summed E-state index contributed by atoms with van der Waals surface area (Å²) in [7, 11) is 0. The second-order valence-electron chi connectivity index (χ2n) is 3.76. The summed E-state index contributed by atoms with van der Waals surface area (Å²) in [5, 5.41) is 3.33. The highest BCUT2D eigenvalue weighted by atomic mass is 15.1. The van der Waals surface area contributed by atoms with Crippen LogP contribution in [0.15, 0.2) is 24.8 Å². The van der Waals surface area contributed by atoms with Crippen LogP contribution in [0.3, 0.4) is 0 Å². The van der Waals surface area contributed by atoms with E-state index in [2.05, 4.69) is 43.9 Å². The predicted octanol–water partition coefficient (Wildman–Crippen LogP) is 2.67. The minimum Gasteiger partial charge on any atom is -0.307 e. The SMILES string of the molecule is C=C(C)c1cccc(C2CN2)c1C. The Hall–Kier alpha value is -1.08. The van der Waals surface area contributed by atoms with Crippen molar-refractivity contribution in [1.82, 2.24) is 5.32 Å². The van der Waals surface area contributed by atoms with Crippen molar-refractivity contribution in [2.75, 3.05) is 6.54 Å². The Balaban J connectivity index is 2.47. The summed E-state index contributed by atoms with van der Waals surface area (Å²) in [5.74, 6) is 0. The highest BCUT2D eigenvalue weighted by molar-refractivity contribution is 5.65. The van der Waals surface area contributed by atoms with Crippen molar-refractivity contribution in [3.05, 3.63) is 41.5 Å². The zero-order valence-corrected chi connectivity index (χ0v) is 8.22. The number of hydrogen-bond donors (Lipinski definition) is 1. The van der Waals surface area contributed by atoms with Gasteiger partial charge in [0.15, 0.2) is 0 Å². The maximum atomic E-state index is 3.99. The third-order valence-corrected chi connectivity index (χ3v) is 2.62. The van der Waals surface area contributed by atoms with E-state index in [9.17, 15) is 0 Å². The Morgan fingerprint density at radius 2 is 2.23 bits per heavy atom. The summed E-state index contributed by atoms with van der Waals surface area (Å²) in [4.78, 5) is 0. The van der Waals surface area contributed by atoms with Crippen LogP contribution >= 0.6 is 0 Å². The first kappa shape index (κ1) is 8.52. The Morgan fingerprint density at radius 3 is 2.77 bits per heavy atom. The van der Waals surface area contributed by atoms with E-state index in [1.165, 1.54) is 16.7 Å². The van der Waals surface area contributed by atoms with Gasteiger partial charge in [-0.2, -0.15) is 0 Å². The van der Waals surface area contributed by atoms with Crippen LogP contribution in [0.2, 0.25) is 0 Å². The molecule has 1 saturated heterocycles. The second kappa shape index (κ2) is 3.00. The zero-order chi connectivity index (χ0) is 9.42. The van der Waals surface area contributed by atoms with Gasteiger partial charge in [0, 0.05) is 12.6 Å². The normalized spacial score (nSPS) is 20.0. The van der Waals surface area contributed by atoms with E-state index < -0.39 is 0 Å². The van der Waals surface area contributed by atoms with Crippen molar-refractivity contribution < 1.29 is 0 Å². The molecular weight excluding hydrogens is 158 g/mol. The lowest BCUT2D eigenvalue weighted by Crippen LogP contribution is -1.93. The van der Waals surface area contributed by atoms with Gasteiger partial charge >= 0.3 is 0 Å². The van der Waals surface area contributed by atoms with Crippen molar-refractivity contribution in [1.29, 1.82) is 0 Å². The molecule has 0 aromatic heterocycles. The molecule has 0 amide bonds. The molecule has 1 aromatic rings. The van der Waals surface area contributed by atoms with Crippen molar-refractivity contribution in [2.24, 2.45) is 0 Å². The lowest BCUT2D eigenvalue weighted by Gasteiger charge is -2.09. The quantitative estimate of drug-likeness (QED) is 0.682. The Labute approximate surface area is 79.5 Å². The second-order valence-corrected chi connectivity index (χ2v) is 3.76. The number of allylic oxidation sites excluding steroid dienone is 1. The number of hydrogen-bond acceptors (Lipinski definition) is 1. The molecule has 1 fully saturated rings. The molecule has 0 aliphatic carbocycles. The van der Waals surface area contributed by atoms with E-state index in [4.69, 9.17) is 0 Å². The largest absolute Gasteiger partial charge is 0.307 e. The van der Waals surface area contributed by atoms with Crippen molar-refractivity contribution in [3.63, 3.8) is 0 Å². The van der Waals surface area contributed by atoms with Crippen molar-refractivity contribution in [2.45, 2.75) is 19.9 Å². The zero-order valence-electron chi connectivity index (χ0n) is 8.22. The van der Waals surface area contributed by atoms with Gasteiger partial charge in [-0.3, -0.25) is 0 Å². The van der Waals surface area contributed by atoms with Crippen LogP contribution in [0.5, 0.6) is 0 Å².